The Morgan fingerprint density at radius 3 is 2.69 bits per heavy atom. The second kappa shape index (κ2) is 6.95. The molecule has 29 heavy (non-hydrogen) atoms. The quantitative estimate of drug-likeness (QED) is 0.514. The van der Waals surface area contributed by atoms with Crippen molar-refractivity contribution in [3.8, 4) is 5.69 Å². The molecule has 2 aliphatic heterocycles. The van der Waals surface area contributed by atoms with Crippen LogP contribution in [-0.2, 0) is 5.54 Å². The number of hydrogen-bond acceptors (Lipinski definition) is 2. The normalized spacial score (nSPS) is 16.7. The summed E-state index contributed by atoms with van der Waals surface area (Å²) in [5.41, 5.74) is 5.41. The first kappa shape index (κ1) is 18.3. The number of aryl methyl sites for hydroxylation is 1. The molecule has 0 aliphatic carbocycles. The van der Waals surface area contributed by atoms with E-state index in [1.807, 2.05) is 30.0 Å². The van der Waals surface area contributed by atoms with Crippen molar-refractivity contribution >= 4 is 33.3 Å². The van der Waals surface area contributed by atoms with Crippen molar-refractivity contribution in [2.24, 2.45) is 0 Å². The summed E-state index contributed by atoms with van der Waals surface area (Å²) < 4.78 is 3.33. The lowest BCUT2D eigenvalue weighted by Crippen LogP contribution is -2.51. The molecule has 0 bridgehead atoms. The lowest BCUT2D eigenvalue weighted by Gasteiger charge is -2.46. The van der Waals surface area contributed by atoms with Gasteiger partial charge in [0.25, 0.3) is 0 Å². The van der Waals surface area contributed by atoms with Crippen LogP contribution in [0.4, 0.5) is 16.2 Å². The van der Waals surface area contributed by atoms with E-state index in [4.69, 9.17) is 0 Å². The Morgan fingerprint density at radius 2 is 1.90 bits per heavy atom. The maximum atomic E-state index is 12.8. The van der Waals surface area contributed by atoms with Gasteiger partial charge in [-0.3, -0.25) is 0 Å². The van der Waals surface area contributed by atoms with Crippen LogP contribution in [0.1, 0.15) is 24.1 Å². The van der Waals surface area contributed by atoms with E-state index in [0.29, 0.717) is 13.1 Å². The van der Waals surface area contributed by atoms with E-state index in [-0.39, 0.29) is 11.6 Å². The monoisotopic (exact) mass is 450 g/mol. The van der Waals surface area contributed by atoms with Gasteiger partial charge >= 0.3 is 6.03 Å². The van der Waals surface area contributed by atoms with Crippen LogP contribution in [0.5, 0.6) is 0 Å². The number of anilines is 2. The van der Waals surface area contributed by atoms with E-state index in [1.165, 1.54) is 11.4 Å². The molecule has 0 atom stereocenters. The third-order valence-corrected chi connectivity index (χ3v) is 6.98. The topological polar surface area (TPSA) is 49.3 Å². The van der Waals surface area contributed by atoms with Crippen LogP contribution >= 0.6 is 15.9 Å². The van der Waals surface area contributed by atoms with Gasteiger partial charge in [0.15, 0.2) is 0 Å². The standard InChI is InChI=1S/C23H23BrN4O/c1-16-15-17(8-9-18(16)24)25-22(29)27-13-10-23(11-14-27)21-7-4-12-28(21)20-6-3-2-5-19(20)26-23/h2-9,12,15,26H,10-11,13-14H2,1H3,(H,25,29). The van der Waals surface area contributed by atoms with Gasteiger partial charge in [0.2, 0.25) is 0 Å². The third-order valence-electron chi connectivity index (χ3n) is 6.09. The molecule has 6 heteroatoms. The van der Waals surface area contributed by atoms with E-state index in [9.17, 15) is 4.79 Å². The van der Waals surface area contributed by atoms with Crippen molar-refractivity contribution in [3.05, 3.63) is 76.5 Å². The minimum atomic E-state index is -0.136. The van der Waals surface area contributed by atoms with Gasteiger partial charge in [-0.25, -0.2) is 4.79 Å². The summed E-state index contributed by atoms with van der Waals surface area (Å²) in [6.07, 6.45) is 3.88. The van der Waals surface area contributed by atoms with Gasteiger partial charge < -0.3 is 20.1 Å². The average molecular weight is 451 g/mol. The largest absolute Gasteiger partial charge is 0.372 e. The molecule has 2 aliphatic rings. The Kier molecular flexibility index (Phi) is 4.39. The Labute approximate surface area is 178 Å². The first-order valence-corrected chi connectivity index (χ1v) is 10.7. The number of halogens is 1. The molecular weight excluding hydrogens is 428 g/mol. The van der Waals surface area contributed by atoms with Crippen molar-refractivity contribution < 1.29 is 4.79 Å². The molecule has 0 radical (unpaired) electrons. The molecule has 2 amide bonds. The number of carbonyl (C=O) groups excluding carboxylic acids is 1. The Bertz CT molecular complexity index is 1080. The van der Waals surface area contributed by atoms with Crippen LogP contribution in [0.2, 0.25) is 0 Å². The van der Waals surface area contributed by atoms with Gasteiger partial charge in [0.1, 0.15) is 0 Å². The molecule has 2 aromatic carbocycles. The number of amides is 2. The van der Waals surface area contributed by atoms with Gasteiger partial charge in [-0.1, -0.05) is 28.1 Å². The summed E-state index contributed by atoms with van der Waals surface area (Å²) in [5.74, 6) is 0. The summed E-state index contributed by atoms with van der Waals surface area (Å²) in [6, 6.07) is 18.6. The highest BCUT2D eigenvalue weighted by Crippen LogP contribution is 2.43. The zero-order chi connectivity index (χ0) is 20.0. The Morgan fingerprint density at radius 1 is 1.10 bits per heavy atom. The number of urea groups is 1. The fraction of sp³-hybridized carbons (Fsp3) is 0.261. The van der Waals surface area contributed by atoms with Gasteiger partial charge in [-0.2, -0.15) is 0 Å². The smallest absolute Gasteiger partial charge is 0.321 e. The molecule has 3 heterocycles. The number of likely N-dealkylation sites (tertiary alicyclic amines) is 1. The van der Waals surface area contributed by atoms with Gasteiger partial charge in [-0.05, 0) is 67.8 Å². The van der Waals surface area contributed by atoms with E-state index in [0.717, 1.165) is 34.3 Å². The molecule has 1 spiro atoms. The maximum absolute atomic E-state index is 12.8. The van der Waals surface area contributed by atoms with Crippen molar-refractivity contribution in [3.63, 3.8) is 0 Å². The molecule has 1 aromatic heterocycles. The number of rotatable bonds is 1. The number of nitrogens with one attached hydrogen (secondary N) is 2. The van der Waals surface area contributed by atoms with Gasteiger partial charge in [0.05, 0.1) is 16.9 Å². The number of para-hydroxylation sites is 2. The van der Waals surface area contributed by atoms with Crippen molar-refractivity contribution in [1.29, 1.82) is 0 Å². The first-order chi connectivity index (χ1) is 14.1. The lowest BCUT2D eigenvalue weighted by molar-refractivity contribution is 0.174. The number of hydrogen-bond donors (Lipinski definition) is 2. The first-order valence-electron chi connectivity index (χ1n) is 9.93. The second-order valence-electron chi connectivity index (χ2n) is 7.87. The molecular formula is C23H23BrN4O. The number of aromatic nitrogens is 1. The number of benzene rings is 2. The molecule has 0 unspecified atom stereocenters. The van der Waals surface area contributed by atoms with E-state index < -0.39 is 0 Å². The van der Waals surface area contributed by atoms with Crippen LogP contribution in [0.25, 0.3) is 5.69 Å². The van der Waals surface area contributed by atoms with Crippen molar-refractivity contribution in [1.82, 2.24) is 9.47 Å². The average Bonchev–Trinajstić information content (AvgIpc) is 3.23. The zero-order valence-corrected chi connectivity index (χ0v) is 17.9. The molecule has 3 aromatic rings. The number of fused-ring (bicyclic) bond motifs is 4. The molecule has 2 N–H and O–H groups in total. The predicted molar refractivity (Wildman–Crippen MR) is 120 cm³/mol. The third kappa shape index (κ3) is 3.12. The van der Waals surface area contributed by atoms with Crippen LogP contribution in [0.3, 0.4) is 0 Å². The fourth-order valence-corrected chi connectivity index (χ4v) is 4.74. The summed E-state index contributed by atoms with van der Waals surface area (Å²) in [6.45, 7) is 3.44. The summed E-state index contributed by atoms with van der Waals surface area (Å²) in [5, 5.41) is 6.83. The Balaban J connectivity index is 1.33. The number of nitrogens with zero attached hydrogens (tertiary/aromatic N) is 2. The van der Waals surface area contributed by atoms with Crippen LogP contribution in [0.15, 0.2) is 65.3 Å². The highest BCUT2D eigenvalue weighted by atomic mass is 79.9. The minimum absolute atomic E-state index is 0.0341. The SMILES string of the molecule is Cc1cc(NC(=O)N2CCC3(CC2)Nc2ccccc2-n2cccc23)ccc1Br. The predicted octanol–water partition coefficient (Wildman–Crippen LogP) is 5.50. The minimum Gasteiger partial charge on any atom is -0.372 e. The van der Waals surface area contributed by atoms with Crippen molar-refractivity contribution in [2.75, 3.05) is 23.7 Å². The fourth-order valence-electron chi connectivity index (χ4n) is 4.49. The van der Waals surface area contributed by atoms with E-state index in [1.54, 1.807) is 0 Å². The highest BCUT2D eigenvalue weighted by molar-refractivity contribution is 9.10. The molecule has 1 fully saturated rings. The van der Waals surface area contributed by atoms with Crippen LogP contribution in [-0.4, -0.2) is 28.6 Å². The summed E-state index contributed by atoms with van der Waals surface area (Å²) >= 11 is 3.50. The molecule has 5 rings (SSSR count). The summed E-state index contributed by atoms with van der Waals surface area (Å²) in [7, 11) is 0. The molecule has 148 valence electrons. The molecule has 1 saturated heterocycles. The zero-order valence-electron chi connectivity index (χ0n) is 16.3. The van der Waals surface area contributed by atoms with Gasteiger partial charge in [-0.15, -0.1) is 0 Å². The van der Waals surface area contributed by atoms with E-state index in [2.05, 4.69) is 73.7 Å². The summed E-state index contributed by atoms with van der Waals surface area (Å²) in [4.78, 5) is 14.7. The number of carbonyl (C=O) groups is 1. The molecule has 0 saturated carbocycles. The number of piperidine rings is 1. The van der Waals surface area contributed by atoms with Crippen LogP contribution < -0.4 is 10.6 Å². The van der Waals surface area contributed by atoms with Crippen molar-refractivity contribution in [2.45, 2.75) is 25.3 Å². The van der Waals surface area contributed by atoms with Gasteiger partial charge in [0, 0.05) is 35.1 Å². The second-order valence-corrected chi connectivity index (χ2v) is 8.72. The maximum Gasteiger partial charge on any atom is 0.321 e. The lowest BCUT2D eigenvalue weighted by atomic mass is 9.82. The Hall–Kier alpha value is -2.73. The molecule has 5 nitrogen and oxygen atoms in total. The van der Waals surface area contributed by atoms with Crippen LogP contribution in [0, 0.1) is 6.92 Å². The van der Waals surface area contributed by atoms with E-state index >= 15 is 0 Å². The highest BCUT2D eigenvalue weighted by Gasteiger charge is 2.42.